The minimum Gasteiger partial charge on any atom is -0.493 e. The first-order chi connectivity index (χ1) is 9.77. The van der Waals surface area contributed by atoms with Crippen LogP contribution >= 0.6 is 0 Å². The largest absolute Gasteiger partial charge is 0.493 e. The Bertz CT molecular complexity index is 599. The molecule has 0 spiro atoms. The van der Waals surface area contributed by atoms with Crippen LogP contribution in [0.2, 0.25) is 0 Å². The summed E-state index contributed by atoms with van der Waals surface area (Å²) in [7, 11) is 0. The van der Waals surface area contributed by atoms with Gasteiger partial charge in [-0.25, -0.2) is 4.98 Å². The van der Waals surface area contributed by atoms with E-state index in [1.807, 2.05) is 0 Å². The standard InChI is InChI=1S/C13H13F3N2O3/c1-3-21-10-7(2)11(19)18(12(10)20)9-6-8(4-5-17-9)13(14,15)16/h4-6,12,20H,3H2,1-2H3. The molecule has 1 amide bonds. The van der Waals surface area contributed by atoms with Crippen LogP contribution in [0.1, 0.15) is 19.4 Å². The second-order valence-electron chi connectivity index (χ2n) is 4.37. The van der Waals surface area contributed by atoms with Crippen molar-refractivity contribution in [1.29, 1.82) is 0 Å². The van der Waals surface area contributed by atoms with Crippen LogP contribution in [0.3, 0.4) is 0 Å². The molecule has 114 valence electrons. The smallest absolute Gasteiger partial charge is 0.416 e. The van der Waals surface area contributed by atoms with Crippen molar-refractivity contribution in [2.45, 2.75) is 26.3 Å². The Morgan fingerprint density at radius 1 is 1.48 bits per heavy atom. The van der Waals surface area contributed by atoms with E-state index >= 15 is 0 Å². The van der Waals surface area contributed by atoms with Crippen LogP contribution in [0, 0.1) is 0 Å². The van der Waals surface area contributed by atoms with Crippen LogP contribution in [0.4, 0.5) is 19.0 Å². The summed E-state index contributed by atoms with van der Waals surface area (Å²) < 4.78 is 43.2. The van der Waals surface area contributed by atoms with Gasteiger partial charge in [-0.15, -0.1) is 0 Å². The summed E-state index contributed by atoms with van der Waals surface area (Å²) in [5, 5.41) is 10.1. The highest BCUT2D eigenvalue weighted by Crippen LogP contribution is 2.34. The van der Waals surface area contributed by atoms with Gasteiger partial charge in [0.15, 0.2) is 12.0 Å². The van der Waals surface area contributed by atoms with Crippen LogP contribution in [-0.2, 0) is 15.7 Å². The third-order valence-electron chi connectivity index (χ3n) is 3.01. The van der Waals surface area contributed by atoms with Gasteiger partial charge < -0.3 is 9.84 Å². The lowest BCUT2D eigenvalue weighted by atomic mass is 10.2. The lowest BCUT2D eigenvalue weighted by Gasteiger charge is -2.22. The summed E-state index contributed by atoms with van der Waals surface area (Å²) in [5.41, 5.74) is -0.807. The zero-order chi connectivity index (χ0) is 15.8. The highest BCUT2D eigenvalue weighted by Gasteiger charge is 2.40. The molecule has 1 unspecified atom stereocenters. The highest BCUT2D eigenvalue weighted by atomic mass is 19.4. The van der Waals surface area contributed by atoms with Crippen molar-refractivity contribution in [2.75, 3.05) is 11.5 Å². The molecule has 0 saturated carbocycles. The monoisotopic (exact) mass is 302 g/mol. The van der Waals surface area contributed by atoms with E-state index in [2.05, 4.69) is 4.98 Å². The number of rotatable bonds is 3. The number of aliphatic hydroxyl groups is 1. The maximum absolute atomic E-state index is 12.7. The Morgan fingerprint density at radius 2 is 2.14 bits per heavy atom. The normalized spacial score (nSPS) is 19.4. The molecular formula is C13H13F3N2O3. The molecule has 2 rings (SSSR count). The van der Waals surface area contributed by atoms with Crippen molar-refractivity contribution < 1.29 is 27.8 Å². The Labute approximate surface area is 118 Å². The third kappa shape index (κ3) is 2.71. The van der Waals surface area contributed by atoms with Crippen LogP contribution < -0.4 is 4.90 Å². The SMILES string of the molecule is CCOC1=C(C)C(=O)N(c2cc(C(F)(F)F)ccn2)C1O. The molecule has 0 aromatic carbocycles. The predicted molar refractivity (Wildman–Crippen MR) is 67.1 cm³/mol. The summed E-state index contributed by atoms with van der Waals surface area (Å²) in [4.78, 5) is 16.6. The highest BCUT2D eigenvalue weighted by molar-refractivity contribution is 6.08. The Hall–Kier alpha value is -2.09. The Balaban J connectivity index is 2.39. The zero-order valence-corrected chi connectivity index (χ0v) is 11.3. The van der Waals surface area contributed by atoms with Crippen LogP contribution in [0.15, 0.2) is 29.7 Å². The van der Waals surface area contributed by atoms with E-state index < -0.39 is 23.9 Å². The topological polar surface area (TPSA) is 62.7 Å². The average molecular weight is 302 g/mol. The van der Waals surface area contributed by atoms with Gasteiger partial charge in [-0.2, -0.15) is 13.2 Å². The number of amides is 1. The second-order valence-corrected chi connectivity index (χ2v) is 4.37. The van der Waals surface area contributed by atoms with E-state index in [1.165, 1.54) is 6.92 Å². The lowest BCUT2D eigenvalue weighted by molar-refractivity contribution is -0.137. The fourth-order valence-electron chi connectivity index (χ4n) is 2.00. The van der Waals surface area contributed by atoms with Crippen molar-refractivity contribution in [3.8, 4) is 0 Å². The van der Waals surface area contributed by atoms with Gasteiger partial charge in [0.2, 0.25) is 0 Å². The minimum atomic E-state index is -4.56. The molecule has 8 heteroatoms. The molecule has 0 bridgehead atoms. The average Bonchev–Trinajstić information content (AvgIpc) is 2.62. The van der Waals surface area contributed by atoms with Gasteiger partial charge >= 0.3 is 6.18 Å². The first-order valence-corrected chi connectivity index (χ1v) is 6.15. The van der Waals surface area contributed by atoms with Gasteiger partial charge in [0.1, 0.15) is 5.82 Å². The summed E-state index contributed by atoms with van der Waals surface area (Å²) in [6.07, 6.45) is -5.10. The van der Waals surface area contributed by atoms with Gasteiger partial charge in [0, 0.05) is 6.20 Å². The minimum absolute atomic E-state index is 0.0294. The van der Waals surface area contributed by atoms with Gasteiger partial charge in [-0.05, 0) is 26.0 Å². The molecule has 2 heterocycles. The van der Waals surface area contributed by atoms with E-state index in [1.54, 1.807) is 6.92 Å². The zero-order valence-electron chi connectivity index (χ0n) is 11.3. The molecule has 1 aliphatic rings. The van der Waals surface area contributed by atoms with Gasteiger partial charge in [0.25, 0.3) is 5.91 Å². The molecule has 1 aromatic heterocycles. The number of aliphatic hydroxyl groups excluding tert-OH is 1. The Kier molecular flexibility index (Phi) is 3.91. The Morgan fingerprint density at radius 3 is 2.71 bits per heavy atom. The molecule has 0 aliphatic carbocycles. The predicted octanol–water partition coefficient (Wildman–Crippen LogP) is 2.08. The van der Waals surface area contributed by atoms with E-state index in [0.29, 0.717) is 6.07 Å². The van der Waals surface area contributed by atoms with Crippen LogP contribution in [0.25, 0.3) is 0 Å². The van der Waals surface area contributed by atoms with E-state index in [4.69, 9.17) is 4.74 Å². The molecule has 21 heavy (non-hydrogen) atoms. The molecule has 0 fully saturated rings. The molecule has 1 atom stereocenters. The quantitative estimate of drug-likeness (QED) is 0.928. The van der Waals surface area contributed by atoms with Crippen LogP contribution in [0.5, 0.6) is 0 Å². The van der Waals surface area contributed by atoms with Gasteiger partial charge in [0.05, 0.1) is 17.7 Å². The van der Waals surface area contributed by atoms with E-state index in [-0.39, 0.29) is 23.8 Å². The number of pyridine rings is 1. The van der Waals surface area contributed by atoms with Gasteiger partial charge in [-0.3, -0.25) is 9.69 Å². The maximum atomic E-state index is 12.7. The van der Waals surface area contributed by atoms with E-state index in [0.717, 1.165) is 17.2 Å². The van der Waals surface area contributed by atoms with Crippen LogP contribution in [-0.4, -0.2) is 28.8 Å². The molecule has 0 saturated heterocycles. The number of hydrogen-bond donors (Lipinski definition) is 1. The molecule has 5 nitrogen and oxygen atoms in total. The molecule has 0 radical (unpaired) electrons. The number of halogens is 3. The number of alkyl halides is 3. The number of carbonyl (C=O) groups is 1. The molecule has 1 aliphatic heterocycles. The van der Waals surface area contributed by atoms with Crippen molar-refractivity contribution in [1.82, 2.24) is 4.98 Å². The van der Waals surface area contributed by atoms with Crippen molar-refractivity contribution in [2.24, 2.45) is 0 Å². The molecule has 1 N–H and O–H groups in total. The van der Waals surface area contributed by atoms with Crippen molar-refractivity contribution in [3.05, 3.63) is 35.2 Å². The second kappa shape index (κ2) is 5.36. The number of anilines is 1. The summed E-state index contributed by atoms with van der Waals surface area (Å²) >= 11 is 0. The molecule has 1 aromatic rings. The number of hydrogen-bond acceptors (Lipinski definition) is 4. The number of carbonyl (C=O) groups excluding carboxylic acids is 1. The maximum Gasteiger partial charge on any atom is 0.416 e. The summed E-state index contributed by atoms with van der Waals surface area (Å²) in [6, 6.07) is 1.50. The summed E-state index contributed by atoms with van der Waals surface area (Å²) in [6.45, 7) is 3.33. The summed E-state index contributed by atoms with van der Waals surface area (Å²) in [5.74, 6) is -0.893. The number of ether oxygens (including phenoxy) is 1. The lowest BCUT2D eigenvalue weighted by Crippen LogP contribution is -2.36. The third-order valence-corrected chi connectivity index (χ3v) is 3.01. The number of aromatic nitrogens is 1. The van der Waals surface area contributed by atoms with Gasteiger partial charge in [-0.1, -0.05) is 0 Å². The fraction of sp³-hybridized carbons (Fsp3) is 0.385. The first kappa shape index (κ1) is 15.3. The number of nitrogens with zero attached hydrogens (tertiary/aromatic N) is 2. The first-order valence-electron chi connectivity index (χ1n) is 6.15. The fourth-order valence-corrected chi connectivity index (χ4v) is 2.00. The molecular weight excluding hydrogens is 289 g/mol. The van der Waals surface area contributed by atoms with Crippen molar-refractivity contribution in [3.63, 3.8) is 0 Å². The van der Waals surface area contributed by atoms with E-state index in [9.17, 15) is 23.1 Å². The van der Waals surface area contributed by atoms with Crippen molar-refractivity contribution >= 4 is 11.7 Å².